The summed E-state index contributed by atoms with van der Waals surface area (Å²) in [6.07, 6.45) is 0. The van der Waals surface area contributed by atoms with Crippen LogP contribution in [-0.4, -0.2) is 5.11 Å². The molecule has 2 rings (SSSR count). The van der Waals surface area contributed by atoms with E-state index < -0.39 is 11.6 Å². The minimum Gasteiger partial charge on any atom is -0.392 e. The standard InChI is InChI=1S/C14H13F2NO/c15-12-6-5-10(7-13(12)16)8-17-14-4-2-1-3-11(14)9-18/h1-7,17-18H,8-9H2. The number of para-hydroxylation sites is 1. The van der Waals surface area contributed by atoms with Gasteiger partial charge in [0.1, 0.15) is 0 Å². The van der Waals surface area contributed by atoms with Gasteiger partial charge in [-0.1, -0.05) is 24.3 Å². The Morgan fingerprint density at radius 3 is 2.50 bits per heavy atom. The lowest BCUT2D eigenvalue weighted by Crippen LogP contribution is -2.03. The van der Waals surface area contributed by atoms with Crippen molar-refractivity contribution in [3.05, 3.63) is 65.2 Å². The van der Waals surface area contributed by atoms with E-state index in [1.165, 1.54) is 6.07 Å². The number of nitrogens with one attached hydrogen (secondary N) is 1. The molecule has 0 saturated heterocycles. The van der Waals surface area contributed by atoms with E-state index in [0.29, 0.717) is 12.1 Å². The molecule has 0 aliphatic carbocycles. The Bertz CT molecular complexity index is 543. The maximum absolute atomic E-state index is 13.0. The topological polar surface area (TPSA) is 32.3 Å². The number of anilines is 1. The first-order chi connectivity index (χ1) is 8.70. The van der Waals surface area contributed by atoms with Gasteiger partial charge in [0.2, 0.25) is 0 Å². The molecule has 0 aromatic heterocycles. The van der Waals surface area contributed by atoms with Gasteiger partial charge in [0.15, 0.2) is 11.6 Å². The van der Waals surface area contributed by atoms with E-state index in [9.17, 15) is 8.78 Å². The van der Waals surface area contributed by atoms with E-state index in [4.69, 9.17) is 5.11 Å². The summed E-state index contributed by atoms with van der Waals surface area (Å²) in [6, 6.07) is 11.1. The number of rotatable bonds is 4. The summed E-state index contributed by atoms with van der Waals surface area (Å²) in [6.45, 7) is 0.301. The van der Waals surface area contributed by atoms with Crippen molar-refractivity contribution in [2.24, 2.45) is 0 Å². The molecule has 0 unspecified atom stereocenters. The van der Waals surface area contributed by atoms with Crippen LogP contribution in [0.15, 0.2) is 42.5 Å². The second-order valence-electron chi connectivity index (χ2n) is 3.92. The average Bonchev–Trinajstić information content (AvgIpc) is 2.40. The summed E-state index contributed by atoms with van der Waals surface area (Å²) in [5.74, 6) is -1.71. The van der Waals surface area contributed by atoms with Crippen molar-refractivity contribution in [2.45, 2.75) is 13.2 Å². The second-order valence-corrected chi connectivity index (χ2v) is 3.92. The molecule has 0 radical (unpaired) electrons. The average molecular weight is 249 g/mol. The Balaban J connectivity index is 2.09. The van der Waals surface area contributed by atoms with Gasteiger partial charge in [-0.2, -0.15) is 0 Å². The number of hydrogen-bond donors (Lipinski definition) is 2. The van der Waals surface area contributed by atoms with Crippen molar-refractivity contribution in [3.63, 3.8) is 0 Å². The van der Waals surface area contributed by atoms with Crippen molar-refractivity contribution in [3.8, 4) is 0 Å². The number of halogens is 2. The molecule has 2 aromatic rings. The lowest BCUT2D eigenvalue weighted by Gasteiger charge is -2.10. The first-order valence-corrected chi connectivity index (χ1v) is 5.57. The molecule has 0 spiro atoms. The minimum atomic E-state index is -0.857. The van der Waals surface area contributed by atoms with Gasteiger partial charge in [-0.25, -0.2) is 8.78 Å². The highest BCUT2D eigenvalue weighted by Crippen LogP contribution is 2.16. The Kier molecular flexibility index (Phi) is 3.89. The lowest BCUT2D eigenvalue weighted by atomic mass is 10.1. The molecule has 2 nitrogen and oxygen atoms in total. The van der Waals surface area contributed by atoms with Crippen molar-refractivity contribution in [2.75, 3.05) is 5.32 Å². The van der Waals surface area contributed by atoms with Crippen molar-refractivity contribution >= 4 is 5.69 Å². The van der Waals surface area contributed by atoms with E-state index in [-0.39, 0.29) is 6.61 Å². The highest BCUT2D eigenvalue weighted by Gasteiger charge is 2.03. The van der Waals surface area contributed by atoms with Crippen LogP contribution in [0.5, 0.6) is 0 Å². The van der Waals surface area contributed by atoms with E-state index in [0.717, 1.165) is 23.4 Å². The second kappa shape index (κ2) is 5.60. The third-order valence-corrected chi connectivity index (χ3v) is 2.65. The predicted molar refractivity (Wildman–Crippen MR) is 66.0 cm³/mol. The maximum atomic E-state index is 13.0. The molecule has 0 aliphatic rings. The SMILES string of the molecule is OCc1ccccc1NCc1ccc(F)c(F)c1. The summed E-state index contributed by atoms with van der Waals surface area (Å²) in [5.41, 5.74) is 2.19. The molecule has 18 heavy (non-hydrogen) atoms. The Hall–Kier alpha value is -1.94. The zero-order chi connectivity index (χ0) is 13.0. The minimum absolute atomic E-state index is 0.0685. The van der Waals surface area contributed by atoms with Gasteiger partial charge < -0.3 is 10.4 Å². The number of benzene rings is 2. The van der Waals surface area contributed by atoms with Crippen LogP contribution in [0, 0.1) is 11.6 Å². The third kappa shape index (κ3) is 2.84. The smallest absolute Gasteiger partial charge is 0.159 e. The molecule has 0 fully saturated rings. The highest BCUT2D eigenvalue weighted by molar-refractivity contribution is 5.51. The zero-order valence-electron chi connectivity index (χ0n) is 9.66. The summed E-state index contributed by atoms with van der Waals surface area (Å²) in [4.78, 5) is 0. The quantitative estimate of drug-likeness (QED) is 0.872. The Morgan fingerprint density at radius 1 is 1.00 bits per heavy atom. The fourth-order valence-corrected chi connectivity index (χ4v) is 1.68. The normalized spacial score (nSPS) is 10.4. The largest absolute Gasteiger partial charge is 0.392 e. The lowest BCUT2D eigenvalue weighted by molar-refractivity contribution is 0.282. The molecule has 0 bridgehead atoms. The molecular formula is C14H13F2NO. The predicted octanol–water partition coefficient (Wildman–Crippen LogP) is 3.07. The van der Waals surface area contributed by atoms with Crippen LogP contribution in [-0.2, 0) is 13.2 Å². The fraction of sp³-hybridized carbons (Fsp3) is 0.143. The zero-order valence-corrected chi connectivity index (χ0v) is 9.66. The van der Waals surface area contributed by atoms with Crippen LogP contribution >= 0.6 is 0 Å². The van der Waals surface area contributed by atoms with Gasteiger partial charge >= 0.3 is 0 Å². The van der Waals surface area contributed by atoms with Crippen molar-refractivity contribution in [1.29, 1.82) is 0 Å². The maximum Gasteiger partial charge on any atom is 0.159 e. The summed E-state index contributed by atoms with van der Waals surface area (Å²) in [7, 11) is 0. The van der Waals surface area contributed by atoms with Crippen LogP contribution in [0.4, 0.5) is 14.5 Å². The number of hydrogen-bond acceptors (Lipinski definition) is 2. The Labute approximate surface area is 104 Å². The van der Waals surface area contributed by atoms with E-state index in [1.807, 2.05) is 18.2 Å². The van der Waals surface area contributed by atoms with Crippen molar-refractivity contribution < 1.29 is 13.9 Å². The molecule has 0 atom stereocenters. The first kappa shape index (κ1) is 12.5. The molecule has 0 heterocycles. The molecule has 0 saturated carbocycles. The highest BCUT2D eigenvalue weighted by atomic mass is 19.2. The summed E-state index contributed by atoms with van der Waals surface area (Å²) < 4.78 is 25.8. The van der Waals surface area contributed by atoms with Crippen LogP contribution in [0.2, 0.25) is 0 Å². The van der Waals surface area contributed by atoms with Gasteiger partial charge in [0, 0.05) is 17.8 Å². The van der Waals surface area contributed by atoms with E-state index in [1.54, 1.807) is 6.07 Å². The van der Waals surface area contributed by atoms with Gasteiger partial charge in [-0.15, -0.1) is 0 Å². The monoisotopic (exact) mass is 249 g/mol. The molecule has 0 aliphatic heterocycles. The molecule has 4 heteroatoms. The van der Waals surface area contributed by atoms with Gasteiger partial charge in [0.25, 0.3) is 0 Å². The van der Waals surface area contributed by atoms with Gasteiger partial charge in [0.05, 0.1) is 6.61 Å². The molecular weight excluding hydrogens is 236 g/mol. The number of aliphatic hydroxyl groups excluding tert-OH is 1. The summed E-state index contributed by atoms with van der Waals surface area (Å²) >= 11 is 0. The van der Waals surface area contributed by atoms with Crippen LogP contribution < -0.4 is 5.32 Å². The van der Waals surface area contributed by atoms with Gasteiger partial charge in [-0.3, -0.25) is 0 Å². The summed E-state index contributed by atoms with van der Waals surface area (Å²) in [5, 5.41) is 12.2. The Morgan fingerprint density at radius 2 is 1.78 bits per heavy atom. The first-order valence-electron chi connectivity index (χ1n) is 5.57. The van der Waals surface area contributed by atoms with Crippen LogP contribution in [0.25, 0.3) is 0 Å². The van der Waals surface area contributed by atoms with Crippen LogP contribution in [0.3, 0.4) is 0 Å². The third-order valence-electron chi connectivity index (χ3n) is 2.65. The molecule has 0 amide bonds. The molecule has 2 N–H and O–H groups in total. The van der Waals surface area contributed by atoms with Crippen molar-refractivity contribution in [1.82, 2.24) is 0 Å². The fourth-order valence-electron chi connectivity index (χ4n) is 1.68. The molecule has 2 aromatic carbocycles. The van der Waals surface area contributed by atoms with Crippen LogP contribution in [0.1, 0.15) is 11.1 Å². The van der Waals surface area contributed by atoms with Gasteiger partial charge in [-0.05, 0) is 23.8 Å². The van der Waals surface area contributed by atoms with E-state index >= 15 is 0 Å². The molecule has 94 valence electrons. The number of aliphatic hydroxyl groups is 1. The van der Waals surface area contributed by atoms with E-state index in [2.05, 4.69) is 5.32 Å².